The fourth-order valence-corrected chi connectivity index (χ4v) is 1.90. The first-order valence-corrected chi connectivity index (χ1v) is 6.17. The van der Waals surface area contributed by atoms with Crippen molar-refractivity contribution in [3.05, 3.63) is 0 Å². The molecule has 1 rings (SSSR count). The number of aliphatic carboxylic acids is 1. The van der Waals surface area contributed by atoms with Gasteiger partial charge in [-0.25, -0.2) is 0 Å². The molecule has 0 saturated carbocycles. The number of carbonyl (C=O) groups excluding carboxylic acids is 1. The summed E-state index contributed by atoms with van der Waals surface area (Å²) in [5, 5.41) is 8.52. The molecule has 1 aliphatic heterocycles. The van der Waals surface area contributed by atoms with Crippen molar-refractivity contribution in [2.75, 3.05) is 20.2 Å². The van der Waals surface area contributed by atoms with Crippen molar-refractivity contribution >= 4 is 11.9 Å². The van der Waals surface area contributed by atoms with Gasteiger partial charge in [-0.2, -0.15) is 0 Å². The lowest BCUT2D eigenvalue weighted by Gasteiger charge is -2.23. The Bertz CT molecular complexity index is 261. The summed E-state index contributed by atoms with van der Waals surface area (Å²) in [5.41, 5.74) is 0. The minimum absolute atomic E-state index is 0.000392. The predicted molar refractivity (Wildman–Crippen MR) is 62.7 cm³/mol. The largest absolute Gasteiger partial charge is 0.481 e. The predicted octanol–water partition coefficient (Wildman–Crippen LogP) is 1.27. The van der Waals surface area contributed by atoms with Crippen LogP contribution in [0.3, 0.4) is 0 Å². The van der Waals surface area contributed by atoms with E-state index < -0.39 is 5.97 Å². The average Bonchev–Trinajstić information content (AvgIpc) is 2.34. The molecular formula is C12H21NO4. The number of carboxylic acid groups (broad SMARTS) is 1. The molecule has 1 atom stereocenters. The fraction of sp³-hybridized carbons (Fsp3) is 0.833. The number of carbonyl (C=O) groups is 2. The molecule has 1 aliphatic rings. The number of ether oxygens (including phenoxy) is 1. The van der Waals surface area contributed by atoms with E-state index in [2.05, 4.69) is 0 Å². The van der Waals surface area contributed by atoms with E-state index in [9.17, 15) is 9.59 Å². The Kier molecular flexibility index (Phi) is 5.97. The third kappa shape index (κ3) is 5.68. The van der Waals surface area contributed by atoms with Crippen LogP contribution in [0, 0.1) is 0 Å². The molecule has 17 heavy (non-hydrogen) atoms. The van der Waals surface area contributed by atoms with Gasteiger partial charge in [-0.05, 0) is 25.7 Å². The Morgan fingerprint density at radius 1 is 1.35 bits per heavy atom. The molecule has 0 spiro atoms. The van der Waals surface area contributed by atoms with E-state index in [1.165, 1.54) is 11.3 Å². The summed E-state index contributed by atoms with van der Waals surface area (Å²) < 4.78 is 5.54. The van der Waals surface area contributed by atoms with Crippen LogP contribution in [0.25, 0.3) is 0 Å². The zero-order chi connectivity index (χ0) is 12.7. The Hall–Kier alpha value is -1.10. The number of hydrogen-bond donors (Lipinski definition) is 1. The van der Waals surface area contributed by atoms with Gasteiger partial charge in [0.1, 0.15) is 0 Å². The van der Waals surface area contributed by atoms with Gasteiger partial charge < -0.3 is 14.7 Å². The molecular weight excluding hydrogens is 222 g/mol. The van der Waals surface area contributed by atoms with E-state index in [0.29, 0.717) is 6.42 Å². The van der Waals surface area contributed by atoms with Crippen molar-refractivity contribution in [2.24, 2.45) is 0 Å². The Labute approximate surface area is 102 Å². The van der Waals surface area contributed by atoms with Crippen LogP contribution in [0.15, 0.2) is 0 Å². The van der Waals surface area contributed by atoms with Crippen LogP contribution in [0.4, 0.5) is 0 Å². The molecule has 1 fully saturated rings. The molecule has 1 N–H and O–H groups in total. The standard InChI is InChI=1S/C12H21NO4/c1-13(8-7-12(15)16)11(14)6-5-10-4-2-3-9-17-10/h10H,2-9H2,1H3,(H,15,16). The SMILES string of the molecule is CN(CCC(=O)O)C(=O)CCC1CCCCO1. The maximum atomic E-state index is 11.7. The van der Waals surface area contributed by atoms with E-state index >= 15 is 0 Å². The van der Waals surface area contributed by atoms with Crippen LogP contribution in [-0.4, -0.2) is 48.2 Å². The minimum Gasteiger partial charge on any atom is -0.481 e. The van der Waals surface area contributed by atoms with E-state index in [1.807, 2.05) is 0 Å². The lowest BCUT2D eigenvalue weighted by atomic mass is 10.0. The lowest BCUT2D eigenvalue weighted by molar-refractivity contribution is -0.138. The van der Waals surface area contributed by atoms with Crippen LogP contribution >= 0.6 is 0 Å². The molecule has 0 aromatic heterocycles. The molecule has 5 nitrogen and oxygen atoms in total. The molecule has 98 valence electrons. The second-order valence-electron chi connectivity index (χ2n) is 4.49. The Morgan fingerprint density at radius 2 is 2.12 bits per heavy atom. The van der Waals surface area contributed by atoms with Gasteiger partial charge in [-0.15, -0.1) is 0 Å². The third-order valence-electron chi connectivity index (χ3n) is 3.04. The van der Waals surface area contributed by atoms with Crippen LogP contribution < -0.4 is 0 Å². The van der Waals surface area contributed by atoms with Crippen molar-refractivity contribution < 1.29 is 19.4 Å². The minimum atomic E-state index is -0.875. The summed E-state index contributed by atoms with van der Waals surface area (Å²) >= 11 is 0. The number of rotatable bonds is 6. The van der Waals surface area contributed by atoms with Gasteiger partial charge in [-0.3, -0.25) is 9.59 Å². The van der Waals surface area contributed by atoms with Gasteiger partial charge in [0.15, 0.2) is 0 Å². The summed E-state index contributed by atoms with van der Waals surface area (Å²) in [6.07, 6.45) is 4.72. The van der Waals surface area contributed by atoms with Crippen LogP contribution in [0.2, 0.25) is 0 Å². The van der Waals surface area contributed by atoms with Crippen LogP contribution in [0.5, 0.6) is 0 Å². The zero-order valence-electron chi connectivity index (χ0n) is 10.4. The van der Waals surface area contributed by atoms with Gasteiger partial charge in [0.25, 0.3) is 0 Å². The van der Waals surface area contributed by atoms with Crippen LogP contribution in [-0.2, 0) is 14.3 Å². The summed E-state index contributed by atoms with van der Waals surface area (Å²) in [5.74, 6) is -0.874. The molecule has 0 bridgehead atoms. The summed E-state index contributed by atoms with van der Waals surface area (Å²) in [6, 6.07) is 0. The molecule has 0 aromatic carbocycles. The monoisotopic (exact) mass is 243 g/mol. The van der Waals surface area contributed by atoms with E-state index in [0.717, 1.165) is 25.9 Å². The molecule has 1 amide bonds. The normalized spacial score (nSPS) is 19.9. The lowest BCUT2D eigenvalue weighted by Crippen LogP contribution is -2.30. The summed E-state index contributed by atoms with van der Waals surface area (Å²) in [4.78, 5) is 23.5. The fourth-order valence-electron chi connectivity index (χ4n) is 1.90. The first kappa shape index (κ1) is 14.0. The van der Waals surface area contributed by atoms with Crippen molar-refractivity contribution in [1.29, 1.82) is 0 Å². The molecule has 1 unspecified atom stereocenters. The molecule has 1 saturated heterocycles. The van der Waals surface area contributed by atoms with E-state index in [-0.39, 0.29) is 25.0 Å². The van der Waals surface area contributed by atoms with Gasteiger partial charge >= 0.3 is 5.97 Å². The maximum absolute atomic E-state index is 11.7. The van der Waals surface area contributed by atoms with E-state index in [1.54, 1.807) is 7.05 Å². The highest BCUT2D eigenvalue weighted by Gasteiger charge is 2.17. The van der Waals surface area contributed by atoms with Gasteiger partial charge in [0.2, 0.25) is 5.91 Å². The molecule has 0 radical (unpaired) electrons. The highest BCUT2D eigenvalue weighted by molar-refractivity contribution is 5.76. The topological polar surface area (TPSA) is 66.8 Å². The molecule has 0 aromatic rings. The highest BCUT2D eigenvalue weighted by Crippen LogP contribution is 2.17. The van der Waals surface area contributed by atoms with Gasteiger partial charge in [0, 0.05) is 26.6 Å². The van der Waals surface area contributed by atoms with Crippen molar-refractivity contribution in [3.8, 4) is 0 Å². The maximum Gasteiger partial charge on any atom is 0.305 e. The van der Waals surface area contributed by atoms with Gasteiger partial charge in [0.05, 0.1) is 12.5 Å². The Balaban J connectivity index is 2.16. The molecule has 1 heterocycles. The first-order valence-electron chi connectivity index (χ1n) is 6.17. The van der Waals surface area contributed by atoms with Crippen molar-refractivity contribution in [1.82, 2.24) is 4.90 Å². The number of nitrogens with zero attached hydrogens (tertiary/aromatic N) is 1. The molecule has 0 aliphatic carbocycles. The Morgan fingerprint density at radius 3 is 2.71 bits per heavy atom. The van der Waals surface area contributed by atoms with Crippen molar-refractivity contribution in [3.63, 3.8) is 0 Å². The van der Waals surface area contributed by atoms with Gasteiger partial charge in [-0.1, -0.05) is 0 Å². The van der Waals surface area contributed by atoms with E-state index in [4.69, 9.17) is 9.84 Å². The highest BCUT2D eigenvalue weighted by atomic mass is 16.5. The second kappa shape index (κ2) is 7.27. The molecule has 5 heteroatoms. The zero-order valence-corrected chi connectivity index (χ0v) is 10.4. The number of amides is 1. The second-order valence-corrected chi connectivity index (χ2v) is 4.49. The third-order valence-corrected chi connectivity index (χ3v) is 3.04. The quantitative estimate of drug-likeness (QED) is 0.763. The van der Waals surface area contributed by atoms with Crippen LogP contribution in [0.1, 0.15) is 38.5 Å². The first-order chi connectivity index (χ1) is 8.09. The summed E-state index contributed by atoms with van der Waals surface area (Å²) in [7, 11) is 1.65. The average molecular weight is 243 g/mol. The smallest absolute Gasteiger partial charge is 0.305 e. The number of hydrogen-bond acceptors (Lipinski definition) is 3. The summed E-state index contributed by atoms with van der Waals surface area (Å²) in [6.45, 7) is 1.08. The number of carboxylic acids is 1. The van der Waals surface area contributed by atoms with Crippen molar-refractivity contribution in [2.45, 2.75) is 44.6 Å².